The zero-order valence-electron chi connectivity index (χ0n) is 10.1. The van der Waals surface area contributed by atoms with Crippen molar-refractivity contribution in [1.82, 2.24) is 16.0 Å². The summed E-state index contributed by atoms with van der Waals surface area (Å²) in [6, 6.07) is 3.84. The highest BCUT2D eigenvalue weighted by Gasteiger charge is 2.16. The predicted molar refractivity (Wildman–Crippen MR) is 70.7 cm³/mol. The summed E-state index contributed by atoms with van der Waals surface area (Å²) in [4.78, 5) is 23.8. The normalized spacial score (nSPS) is 18.6. The first kappa shape index (κ1) is 13.0. The van der Waals surface area contributed by atoms with Crippen LogP contribution in [-0.2, 0) is 4.79 Å². The number of amides is 2. The quantitative estimate of drug-likeness (QED) is 0.721. The van der Waals surface area contributed by atoms with Gasteiger partial charge in [-0.1, -0.05) is 6.07 Å². The van der Waals surface area contributed by atoms with Gasteiger partial charge in [0.1, 0.15) is 0 Å². The molecule has 0 spiro atoms. The van der Waals surface area contributed by atoms with E-state index in [1.165, 1.54) is 11.3 Å². The fourth-order valence-electron chi connectivity index (χ4n) is 1.86. The molecule has 1 atom stereocenters. The maximum absolute atomic E-state index is 11.6. The molecule has 98 valence electrons. The fraction of sp³-hybridized carbons (Fsp3) is 0.500. The van der Waals surface area contributed by atoms with Crippen molar-refractivity contribution < 1.29 is 9.59 Å². The second kappa shape index (κ2) is 6.51. The van der Waals surface area contributed by atoms with Gasteiger partial charge < -0.3 is 16.0 Å². The lowest BCUT2D eigenvalue weighted by Gasteiger charge is -2.11. The first-order valence-corrected chi connectivity index (χ1v) is 6.95. The van der Waals surface area contributed by atoms with Crippen LogP contribution >= 0.6 is 11.3 Å². The molecule has 1 fully saturated rings. The third-order valence-corrected chi connectivity index (χ3v) is 3.68. The molecule has 0 bridgehead atoms. The maximum atomic E-state index is 11.6. The van der Waals surface area contributed by atoms with Crippen LogP contribution in [0.2, 0.25) is 0 Å². The van der Waals surface area contributed by atoms with Crippen LogP contribution in [0.5, 0.6) is 0 Å². The van der Waals surface area contributed by atoms with Gasteiger partial charge in [-0.05, 0) is 24.4 Å². The largest absolute Gasteiger partial charge is 0.352 e. The van der Waals surface area contributed by atoms with E-state index in [9.17, 15) is 9.59 Å². The molecule has 1 aliphatic rings. The average Bonchev–Trinajstić information content (AvgIpc) is 3.00. The van der Waals surface area contributed by atoms with E-state index in [1.807, 2.05) is 11.4 Å². The number of nitrogens with one attached hydrogen (secondary N) is 3. The van der Waals surface area contributed by atoms with E-state index in [-0.39, 0.29) is 17.9 Å². The second-order valence-corrected chi connectivity index (χ2v) is 5.19. The van der Waals surface area contributed by atoms with Gasteiger partial charge in [0, 0.05) is 25.6 Å². The van der Waals surface area contributed by atoms with E-state index in [1.54, 1.807) is 6.07 Å². The highest BCUT2D eigenvalue weighted by molar-refractivity contribution is 7.12. The number of hydrogen-bond donors (Lipinski definition) is 3. The van der Waals surface area contributed by atoms with Crippen molar-refractivity contribution in [3.05, 3.63) is 22.4 Å². The lowest BCUT2D eigenvalue weighted by Crippen LogP contribution is -2.38. The molecule has 2 heterocycles. The van der Waals surface area contributed by atoms with Crippen LogP contribution in [0.4, 0.5) is 0 Å². The number of thiophene rings is 1. The Hall–Kier alpha value is -1.40. The monoisotopic (exact) mass is 267 g/mol. The van der Waals surface area contributed by atoms with E-state index in [0.717, 1.165) is 19.5 Å². The highest BCUT2D eigenvalue weighted by Crippen LogP contribution is 2.07. The Bertz CT molecular complexity index is 399. The van der Waals surface area contributed by atoms with Crippen LogP contribution in [0.25, 0.3) is 0 Å². The van der Waals surface area contributed by atoms with Crippen molar-refractivity contribution in [3.63, 3.8) is 0 Å². The minimum atomic E-state index is -0.111. The van der Waals surface area contributed by atoms with Crippen molar-refractivity contribution in [2.75, 3.05) is 19.6 Å². The maximum Gasteiger partial charge on any atom is 0.261 e. The fourth-order valence-corrected chi connectivity index (χ4v) is 2.50. The van der Waals surface area contributed by atoms with Crippen LogP contribution < -0.4 is 16.0 Å². The SMILES string of the molecule is O=C(CCNC(=O)c1cccs1)NC1CCNC1. The van der Waals surface area contributed by atoms with Crippen molar-refractivity contribution in [2.24, 2.45) is 0 Å². The van der Waals surface area contributed by atoms with E-state index in [0.29, 0.717) is 17.8 Å². The van der Waals surface area contributed by atoms with Crippen molar-refractivity contribution in [1.29, 1.82) is 0 Å². The molecule has 1 saturated heterocycles. The first-order valence-electron chi connectivity index (χ1n) is 6.07. The minimum Gasteiger partial charge on any atom is -0.352 e. The molecule has 1 aliphatic heterocycles. The molecule has 0 saturated carbocycles. The summed E-state index contributed by atoms with van der Waals surface area (Å²) in [7, 11) is 0. The number of rotatable bonds is 5. The van der Waals surface area contributed by atoms with Gasteiger partial charge in [-0.3, -0.25) is 9.59 Å². The Labute approximate surface area is 110 Å². The topological polar surface area (TPSA) is 70.2 Å². The predicted octanol–water partition coefficient (Wildman–Crippen LogP) is 0.346. The average molecular weight is 267 g/mol. The van der Waals surface area contributed by atoms with E-state index in [2.05, 4.69) is 16.0 Å². The van der Waals surface area contributed by atoms with E-state index < -0.39 is 0 Å². The van der Waals surface area contributed by atoms with Gasteiger partial charge >= 0.3 is 0 Å². The first-order chi connectivity index (χ1) is 8.75. The highest BCUT2D eigenvalue weighted by atomic mass is 32.1. The molecule has 6 heteroatoms. The zero-order chi connectivity index (χ0) is 12.8. The summed E-state index contributed by atoms with van der Waals surface area (Å²) in [5, 5.41) is 10.7. The van der Waals surface area contributed by atoms with Gasteiger partial charge in [0.15, 0.2) is 0 Å². The molecule has 0 radical (unpaired) electrons. The Morgan fingerprint density at radius 2 is 2.39 bits per heavy atom. The molecule has 5 nitrogen and oxygen atoms in total. The van der Waals surface area contributed by atoms with Gasteiger partial charge in [0.2, 0.25) is 5.91 Å². The Morgan fingerprint density at radius 3 is 3.06 bits per heavy atom. The number of hydrogen-bond acceptors (Lipinski definition) is 4. The lowest BCUT2D eigenvalue weighted by atomic mass is 10.2. The standard InChI is InChI=1S/C12H17N3O2S/c16-11(15-9-3-5-13-8-9)4-6-14-12(17)10-2-1-7-18-10/h1-2,7,9,13H,3-6,8H2,(H,14,17)(H,15,16). The molecule has 1 unspecified atom stereocenters. The molecule has 0 aromatic carbocycles. The van der Waals surface area contributed by atoms with Gasteiger partial charge in [0.25, 0.3) is 5.91 Å². The Balaban J connectivity index is 1.62. The van der Waals surface area contributed by atoms with Gasteiger partial charge in [-0.25, -0.2) is 0 Å². The molecule has 1 aromatic heterocycles. The van der Waals surface area contributed by atoms with Crippen LogP contribution in [0.1, 0.15) is 22.5 Å². The summed E-state index contributed by atoms with van der Waals surface area (Å²) in [6.07, 6.45) is 1.31. The lowest BCUT2D eigenvalue weighted by molar-refractivity contribution is -0.121. The summed E-state index contributed by atoms with van der Waals surface area (Å²) < 4.78 is 0. The molecule has 2 rings (SSSR count). The second-order valence-electron chi connectivity index (χ2n) is 4.24. The van der Waals surface area contributed by atoms with E-state index in [4.69, 9.17) is 0 Å². The van der Waals surface area contributed by atoms with Crippen LogP contribution in [0.15, 0.2) is 17.5 Å². The van der Waals surface area contributed by atoms with E-state index >= 15 is 0 Å². The van der Waals surface area contributed by atoms with Gasteiger partial charge in [-0.15, -0.1) is 11.3 Å². The van der Waals surface area contributed by atoms with Crippen molar-refractivity contribution in [2.45, 2.75) is 18.9 Å². The Kier molecular flexibility index (Phi) is 4.72. The van der Waals surface area contributed by atoms with Crippen LogP contribution in [0.3, 0.4) is 0 Å². The third-order valence-electron chi connectivity index (χ3n) is 2.81. The minimum absolute atomic E-state index is 0.00446. The molecular formula is C12H17N3O2S. The molecule has 18 heavy (non-hydrogen) atoms. The molecule has 0 aliphatic carbocycles. The number of carbonyl (C=O) groups excluding carboxylic acids is 2. The molecule has 2 amide bonds. The Morgan fingerprint density at radius 1 is 1.50 bits per heavy atom. The summed E-state index contributed by atoms with van der Waals surface area (Å²) in [6.45, 7) is 2.18. The smallest absolute Gasteiger partial charge is 0.261 e. The van der Waals surface area contributed by atoms with Gasteiger partial charge in [0.05, 0.1) is 4.88 Å². The summed E-state index contributed by atoms with van der Waals surface area (Å²) in [5.41, 5.74) is 0. The molecule has 3 N–H and O–H groups in total. The van der Waals surface area contributed by atoms with Crippen LogP contribution in [-0.4, -0.2) is 37.5 Å². The zero-order valence-corrected chi connectivity index (χ0v) is 10.9. The van der Waals surface area contributed by atoms with Gasteiger partial charge in [-0.2, -0.15) is 0 Å². The molecule has 1 aromatic rings. The summed E-state index contributed by atoms with van der Waals surface area (Å²) >= 11 is 1.40. The third kappa shape index (κ3) is 3.82. The van der Waals surface area contributed by atoms with Crippen molar-refractivity contribution in [3.8, 4) is 0 Å². The van der Waals surface area contributed by atoms with Crippen molar-refractivity contribution >= 4 is 23.2 Å². The summed E-state index contributed by atoms with van der Waals surface area (Å²) in [5.74, 6) is -0.115. The van der Waals surface area contributed by atoms with Crippen LogP contribution in [0, 0.1) is 0 Å². The number of carbonyl (C=O) groups is 2. The molecular weight excluding hydrogens is 250 g/mol.